The number of hydrogen-bond donors (Lipinski definition) is 3. The van der Waals surface area contributed by atoms with Crippen molar-refractivity contribution in [1.82, 2.24) is 0 Å². The van der Waals surface area contributed by atoms with Gasteiger partial charge in [0.15, 0.2) is 6.61 Å². The number of urea groups is 1. The van der Waals surface area contributed by atoms with Gasteiger partial charge in [-0.05, 0) is 43.3 Å². The monoisotopic (exact) mass is 357 g/mol. The zero-order valence-corrected chi connectivity index (χ0v) is 14.2. The number of nitrogens with two attached hydrogens (primary N) is 1. The number of carbonyl (C=O) groups excluding carboxylic acids is 3. The van der Waals surface area contributed by atoms with Crippen LogP contribution >= 0.6 is 0 Å². The number of para-hydroxylation sites is 2. The second-order valence-electron chi connectivity index (χ2n) is 5.12. The fourth-order valence-electron chi connectivity index (χ4n) is 2.08. The first kappa shape index (κ1) is 18.8. The Kier molecular flexibility index (Phi) is 6.55. The van der Waals surface area contributed by atoms with E-state index in [4.69, 9.17) is 15.2 Å². The Balaban J connectivity index is 1.89. The molecule has 0 heterocycles. The summed E-state index contributed by atoms with van der Waals surface area (Å²) < 4.78 is 10.4. The van der Waals surface area contributed by atoms with Crippen molar-refractivity contribution in [3.63, 3.8) is 0 Å². The summed E-state index contributed by atoms with van der Waals surface area (Å²) in [6.45, 7) is 1.85. The highest BCUT2D eigenvalue weighted by molar-refractivity contribution is 5.96. The third kappa shape index (κ3) is 5.52. The average molecular weight is 357 g/mol. The number of primary amides is 1. The van der Waals surface area contributed by atoms with Gasteiger partial charge in [-0.15, -0.1) is 0 Å². The van der Waals surface area contributed by atoms with Crippen LogP contribution in [0.3, 0.4) is 0 Å². The maximum absolute atomic E-state index is 12.0. The molecule has 8 heteroatoms. The van der Waals surface area contributed by atoms with Crippen molar-refractivity contribution in [1.29, 1.82) is 0 Å². The molecule has 0 radical (unpaired) electrons. The summed E-state index contributed by atoms with van der Waals surface area (Å²) >= 11 is 0. The van der Waals surface area contributed by atoms with Crippen molar-refractivity contribution in [2.24, 2.45) is 5.73 Å². The minimum atomic E-state index is -0.704. The molecule has 0 spiro atoms. The molecule has 8 nitrogen and oxygen atoms in total. The molecule has 0 aromatic heterocycles. The van der Waals surface area contributed by atoms with E-state index in [9.17, 15) is 14.4 Å². The van der Waals surface area contributed by atoms with Gasteiger partial charge in [-0.2, -0.15) is 0 Å². The number of benzene rings is 2. The molecule has 0 atom stereocenters. The van der Waals surface area contributed by atoms with Crippen LogP contribution in [0.5, 0.6) is 5.75 Å². The molecule has 0 saturated heterocycles. The van der Waals surface area contributed by atoms with Crippen molar-refractivity contribution in [2.45, 2.75) is 6.92 Å². The molecule has 26 heavy (non-hydrogen) atoms. The van der Waals surface area contributed by atoms with Crippen molar-refractivity contribution in [3.05, 3.63) is 54.1 Å². The van der Waals surface area contributed by atoms with Gasteiger partial charge in [-0.3, -0.25) is 4.79 Å². The number of esters is 1. The Morgan fingerprint density at radius 1 is 1.00 bits per heavy atom. The van der Waals surface area contributed by atoms with E-state index in [1.54, 1.807) is 24.3 Å². The highest BCUT2D eigenvalue weighted by Crippen LogP contribution is 2.23. The van der Waals surface area contributed by atoms with E-state index in [1.165, 1.54) is 24.3 Å². The molecular weight excluding hydrogens is 338 g/mol. The van der Waals surface area contributed by atoms with Crippen molar-refractivity contribution in [2.75, 3.05) is 23.8 Å². The van der Waals surface area contributed by atoms with Gasteiger partial charge in [0.2, 0.25) is 0 Å². The van der Waals surface area contributed by atoms with E-state index in [1.807, 2.05) is 6.92 Å². The zero-order valence-electron chi connectivity index (χ0n) is 14.2. The van der Waals surface area contributed by atoms with Crippen LogP contribution in [-0.2, 0) is 9.53 Å². The van der Waals surface area contributed by atoms with Gasteiger partial charge in [0.25, 0.3) is 5.91 Å². The number of anilines is 2. The maximum atomic E-state index is 12.0. The number of nitrogens with one attached hydrogen (secondary N) is 2. The molecule has 0 bridgehead atoms. The third-order valence-corrected chi connectivity index (χ3v) is 3.18. The number of amides is 3. The van der Waals surface area contributed by atoms with Crippen LogP contribution in [0.4, 0.5) is 16.2 Å². The Morgan fingerprint density at radius 2 is 1.69 bits per heavy atom. The summed E-state index contributed by atoms with van der Waals surface area (Å²) in [5, 5.41) is 5.01. The second-order valence-corrected chi connectivity index (χ2v) is 5.12. The lowest BCUT2D eigenvalue weighted by molar-refractivity contribution is -0.119. The van der Waals surface area contributed by atoms with E-state index in [0.29, 0.717) is 23.7 Å². The molecule has 136 valence electrons. The molecule has 0 saturated carbocycles. The first-order valence-electron chi connectivity index (χ1n) is 7.85. The lowest BCUT2D eigenvalue weighted by Gasteiger charge is -2.11. The van der Waals surface area contributed by atoms with Crippen LogP contribution in [-0.4, -0.2) is 31.1 Å². The molecule has 3 amide bonds. The summed E-state index contributed by atoms with van der Waals surface area (Å²) in [4.78, 5) is 34.7. The maximum Gasteiger partial charge on any atom is 0.338 e. The Hall–Kier alpha value is -3.55. The quantitative estimate of drug-likeness (QED) is 0.657. The van der Waals surface area contributed by atoms with Crippen molar-refractivity contribution >= 4 is 29.3 Å². The highest BCUT2D eigenvalue weighted by atomic mass is 16.5. The summed E-state index contributed by atoms with van der Waals surface area (Å²) in [6.07, 6.45) is 0. The predicted molar refractivity (Wildman–Crippen MR) is 96.2 cm³/mol. The number of ether oxygens (including phenoxy) is 2. The molecule has 2 aromatic rings. The standard InChI is InChI=1S/C18H19N3O5/c1-2-25-15-6-4-3-5-14(15)21-16(22)11-26-17(23)12-7-9-13(10-8-12)20-18(19)24/h3-10H,2,11H2,1H3,(H,21,22)(H3,19,20,24). The minimum Gasteiger partial charge on any atom is -0.492 e. The molecule has 2 rings (SSSR count). The summed E-state index contributed by atoms with van der Waals surface area (Å²) in [5.41, 5.74) is 6.18. The van der Waals surface area contributed by atoms with Gasteiger partial charge < -0.3 is 25.8 Å². The van der Waals surface area contributed by atoms with Gasteiger partial charge >= 0.3 is 12.0 Å². The molecule has 0 aliphatic heterocycles. The zero-order chi connectivity index (χ0) is 18.9. The van der Waals surface area contributed by atoms with Crippen LogP contribution in [0.2, 0.25) is 0 Å². The average Bonchev–Trinajstić information content (AvgIpc) is 2.62. The number of hydrogen-bond acceptors (Lipinski definition) is 5. The van der Waals surface area contributed by atoms with Crippen molar-refractivity contribution < 1.29 is 23.9 Å². The fraction of sp³-hybridized carbons (Fsp3) is 0.167. The van der Waals surface area contributed by atoms with Crippen LogP contribution in [0.1, 0.15) is 17.3 Å². The highest BCUT2D eigenvalue weighted by Gasteiger charge is 2.12. The molecule has 0 unspecified atom stereocenters. The van der Waals surface area contributed by atoms with E-state index in [0.717, 1.165) is 0 Å². The molecule has 0 fully saturated rings. The first-order chi connectivity index (χ1) is 12.5. The molecule has 4 N–H and O–H groups in total. The number of rotatable bonds is 7. The largest absolute Gasteiger partial charge is 0.492 e. The van der Waals surface area contributed by atoms with Crippen molar-refractivity contribution in [3.8, 4) is 5.75 Å². The predicted octanol–water partition coefficient (Wildman–Crippen LogP) is 2.37. The van der Waals surface area contributed by atoms with E-state index in [2.05, 4.69) is 10.6 Å². The third-order valence-electron chi connectivity index (χ3n) is 3.18. The normalized spacial score (nSPS) is 9.88. The summed E-state index contributed by atoms with van der Waals surface area (Å²) in [7, 11) is 0. The smallest absolute Gasteiger partial charge is 0.338 e. The fourth-order valence-corrected chi connectivity index (χ4v) is 2.08. The van der Waals surface area contributed by atoms with Crippen LogP contribution in [0.15, 0.2) is 48.5 Å². The second kappa shape index (κ2) is 9.07. The van der Waals surface area contributed by atoms with Gasteiger partial charge in [0.05, 0.1) is 17.9 Å². The van der Waals surface area contributed by atoms with Gasteiger partial charge in [-0.25, -0.2) is 9.59 Å². The lowest BCUT2D eigenvalue weighted by atomic mass is 10.2. The van der Waals surface area contributed by atoms with E-state index >= 15 is 0 Å². The van der Waals surface area contributed by atoms with Crippen LogP contribution in [0, 0.1) is 0 Å². The van der Waals surface area contributed by atoms with Gasteiger partial charge in [0, 0.05) is 5.69 Å². The van der Waals surface area contributed by atoms with Gasteiger partial charge in [-0.1, -0.05) is 12.1 Å². The Morgan fingerprint density at radius 3 is 2.35 bits per heavy atom. The Labute approximate surface area is 150 Å². The molecular formula is C18H19N3O5. The topological polar surface area (TPSA) is 120 Å². The molecule has 0 aliphatic rings. The Bertz CT molecular complexity index is 790. The van der Waals surface area contributed by atoms with E-state index in [-0.39, 0.29) is 5.56 Å². The summed E-state index contributed by atoms with van der Waals surface area (Å²) in [6, 6.07) is 12.2. The van der Waals surface area contributed by atoms with Crippen LogP contribution in [0.25, 0.3) is 0 Å². The van der Waals surface area contributed by atoms with E-state index < -0.39 is 24.5 Å². The van der Waals surface area contributed by atoms with Gasteiger partial charge in [0.1, 0.15) is 5.75 Å². The van der Waals surface area contributed by atoms with Crippen LogP contribution < -0.4 is 21.1 Å². The molecule has 0 aliphatic carbocycles. The minimum absolute atomic E-state index is 0.238. The first-order valence-corrected chi connectivity index (χ1v) is 7.85. The number of carbonyl (C=O) groups is 3. The lowest BCUT2D eigenvalue weighted by Crippen LogP contribution is -2.21. The molecule has 2 aromatic carbocycles. The SMILES string of the molecule is CCOc1ccccc1NC(=O)COC(=O)c1ccc(NC(N)=O)cc1. The summed E-state index contributed by atoms with van der Waals surface area (Å²) in [5.74, 6) is -0.617.